The van der Waals surface area contributed by atoms with E-state index in [1.165, 1.54) is 0 Å². The van der Waals surface area contributed by atoms with E-state index in [-0.39, 0.29) is 0 Å². The van der Waals surface area contributed by atoms with Gasteiger partial charge in [0, 0.05) is 0 Å². The van der Waals surface area contributed by atoms with Crippen molar-refractivity contribution in [2.24, 2.45) is 0 Å². The largest absolute Gasteiger partial charge is 0.460 e. The average molecular weight is 431 g/mol. The number of alkyl halides is 15. The maximum atomic E-state index is 12.9. The second-order valence-electron chi connectivity index (χ2n) is 4.35. The van der Waals surface area contributed by atoms with Gasteiger partial charge in [0.05, 0.1) is 0 Å². The van der Waals surface area contributed by atoms with Gasteiger partial charge in [-0.15, -0.1) is 0 Å². The van der Waals surface area contributed by atoms with Crippen molar-refractivity contribution in [3.63, 3.8) is 0 Å². The molecular formula is C9F17. The van der Waals surface area contributed by atoms with Crippen LogP contribution in [0.25, 0.3) is 0 Å². The maximum Gasteiger partial charge on any atom is 0.460 e. The predicted molar refractivity (Wildman–Crippen MR) is 44.7 cm³/mol. The fraction of sp³-hybridized carbons (Fsp3) is 0.778. The first-order valence-electron chi connectivity index (χ1n) is 5.21. The number of hydrogen-bond acceptors (Lipinski definition) is 0. The summed E-state index contributed by atoms with van der Waals surface area (Å²) < 4.78 is 211. The molecule has 0 aliphatic rings. The van der Waals surface area contributed by atoms with Gasteiger partial charge in [-0.05, 0) is 0 Å². The van der Waals surface area contributed by atoms with Crippen LogP contribution < -0.4 is 0 Å². The third kappa shape index (κ3) is 2.86. The van der Waals surface area contributed by atoms with Crippen LogP contribution in [0.1, 0.15) is 0 Å². The summed E-state index contributed by atoms with van der Waals surface area (Å²) in [6, 6.07) is 0. The Balaban J connectivity index is 6.61. The zero-order chi connectivity index (χ0) is 21.8. The Hall–Kier alpha value is -1.45. The Bertz CT molecular complexity index is 549. The van der Waals surface area contributed by atoms with Crippen molar-refractivity contribution in [1.82, 2.24) is 0 Å². The normalized spacial score (nSPS) is 16.9. The number of hydrogen-bond donors (Lipinski definition) is 0. The summed E-state index contributed by atoms with van der Waals surface area (Å²) in [5.41, 5.74) is 0. The first-order chi connectivity index (χ1) is 11.0. The molecule has 0 amide bonds. The van der Waals surface area contributed by atoms with Crippen LogP contribution in [0.5, 0.6) is 0 Å². The Kier molecular flexibility index (Phi) is 5.70. The molecule has 155 valence electrons. The number of allylic oxidation sites excluding steroid dienone is 1. The van der Waals surface area contributed by atoms with Gasteiger partial charge < -0.3 is 0 Å². The molecule has 1 radical (unpaired) electrons. The van der Waals surface area contributed by atoms with E-state index >= 15 is 0 Å². The smallest absolute Gasteiger partial charge is 0.201 e. The van der Waals surface area contributed by atoms with E-state index in [1.54, 1.807) is 0 Å². The molecule has 0 aliphatic heterocycles. The quantitative estimate of drug-likeness (QED) is 0.457. The third-order valence-electron chi connectivity index (χ3n) is 2.69. The Morgan fingerprint density at radius 2 is 0.731 bits per heavy atom. The molecule has 0 bridgehead atoms. The van der Waals surface area contributed by atoms with Crippen molar-refractivity contribution in [3.05, 3.63) is 12.2 Å². The van der Waals surface area contributed by atoms with Crippen molar-refractivity contribution < 1.29 is 74.6 Å². The van der Waals surface area contributed by atoms with Gasteiger partial charge >= 0.3 is 41.7 Å². The lowest BCUT2D eigenvalue weighted by Crippen LogP contribution is -2.72. The van der Waals surface area contributed by atoms with Gasteiger partial charge in [-0.1, -0.05) is 0 Å². The molecule has 0 fully saturated rings. The highest BCUT2D eigenvalue weighted by molar-refractivity contribution is 5.17. The van der Waals surface area contributed by atoms with Gasteiger partial charge in [0.1, 0.15) is 0 Å². The van der Waals surface area contributed by atoms with E-state index in [9.17, 15) is 74.6 Å². The van der Waals surface area contributed by atoms with E-state index in [4.69, 9.17) is 0 Å². The Morgan fingerprint density at radius 1 is 0.462 bits per heavy atom. The molecule has 17 heteroatoms. The van der Waals surface area contributed by atoms with Gasteiger partial charge in [0.2, 0.25) is 5.83 Å². The summed E-state index contributed by atoms with van der Waals surface area (Å²) in [7, 11) is 0. The zero-order valence-corrected chi connectivity index (χ0v) is 10.9. The predicted octanol–water partition coefficient (Wildman–Crippen LogP) is 5.94. The highest BCUT2D eigenvalue weighted by Gasteiger charge is 2.93. The summed E-state index contributed by atoms with van der Waals surface area (Å²) in [6.07, 6.45) is -8.78. The topological polar surface area (TPSA) is 0 Å². The highest BCUT2D eigenvalue weighted by atomic mass is 19.4. The van der Waals surface area contributed by atoms with Crippen LogP contribution in [0, 0.1) is 6.33 Å². The van der Waals surface area contributed by atoms with Gasteiger partial charge in [0.25, 0.3) is 0 Å². The lowest BCUT2D eigenvalue weighted by atomic mass is 9.91. The van der Waals surface area contributed by atoms with Gasteiger partial charge in [-0.3, -0.25) is 0 Å². The summed E-state index contributed by atoms with van der Waals surface area (Å²) >= 11 is 0. The monoisotopic (exact) mass is 431 g/mol. The molecule has 0 spiro atoms. The van der Waals surface area contributed by atoms with Crippen molar-refractivity contribution in [2.45, 2.75) is 41.7 Å². The average Bonchev–Trinajstić information content (AvgIpc) is 2.43. The van der Waals surface area contributed by atoms with E-state index in [2.05, 4.69) is 0 Å². The fourth-order valence-corrected chi connectivity index (χ4v) is 1.16. The summed E-state index contributed by atoms with van der Waals surface area (Å²) in [4.78, 5) is 0. The van der Waals surface area contributed by atoms with Gasteiger partial charge in [0.15, 0.2) is 6.33 Å². The second-order valence-corrected chi connectivity index (χ2v) is 4.35. The molecule has 0 atom stereocenters. The van der Waals surface area contributed by atoms with Crippen molar-refractivity contribution in [1.29, 1.82) is 0 Å². The molecule has 0 nitrogen and oxygen atoms in total. The minimum absolute atomic E-state index is 1.05. The molecule has 26 heavy (non-hydrogen) atoms. The van der Waals surface area contributed by atoms with Crippen molar-refractivity contribution in [2.75, 3.05) is 0 Å². The lowest BCUT2D eigenvalue weighted by Gasteiger charge is -2.41. The maximum absolute atomic E-state index is 12.9. The lowest BCUT2D eigenvalue weighted by molar-refractivity contribution is -0.450. The highest BCUT2D eigenvalue weighted by Crippen LogP contribution is 2.63. The first kappa shape index (κ1) is 24.6. The summed E-state index contributed by atoms with van der Waals surface area (Å²) in [5, 5.41) is 0. The first-order valence-corrected chi connectivity index (χ1v) is 5.21. The molecule has 0 heterocycles. The van der Waals surface area contributed by atoms with Crippen LogP contribution >= 0.6 is 0 Å². The van der Waals surface area contributed by atoms with Gasteiger partial charge in [-0.25, -0.2) is 8.78 Å². The zero-order valence-electron chi connectivity index (χ0n) is 10.9. The number of rotatable bonds is 6. The second kappa shape index (κ2) is 6.03. The van der Waals surface area contributed by atoms with Crippen LogP contribution in [0.15, 0.2) is 5.83 Å². The molecule has 0 saturated heterocycles. The molecule has 0 saturated carbocycles. The molecule has 0 N–H and O–H groups in total. The van der Waals surface area contributed by atoms with Crippen molar-refractivity contribution >= 4 is 0 Å². The molecule has 0 aromatic rings. The van der Waals surface area contributed by atoms with Crippen LogP contribution in [0.3, 0.4) is 0 Å². The molecule has 0 aromatic heterocycles. The molecule has 0 aliphatic carbocycles. The van der Waals surface area contributed by atoms with E-state index < -0.39 is 53.9 Å². The number of halogens is 17. The minimum Gasteiger partial charge on any atom is -0.201 e. The van der Waals surface area contributed by atoms with E-state index in [0.29, 0.717) is 0 Å². The molecular weight excluding hydrogens is 431 g/mol. The fourth-order valence-electron chi connectivity index (χ4n) is 1.16. The van der Waals surface area contributed by atoms with Crippen LogP contribution in [0.2, 0.25) is 0 Å². The van der Waals surface area contributed by atoms with Crippen LogP contribution in [-0.4, -0.2) is 41.7 Å². The van der Waals surface area contributed by atoms with Crippen molar-refractivity contribution in [3.8, 4) is 0 Å². The molecule has 0 rings (SSSR count). The van der Waals surface area contributed by atoms with Crippen LogP contribution in [0.4, 0.5) is 74.6 Å². The summed E-state index contributed by atoms with van der Waals surface area (Å²) in [6.45, 7) is 0. The Morgan fingerprint density at radius 3 is 1.00 bits per heavy atom. The van der Waals surface area contributed by atoms with Gasteiger partial charge in [-0.2, -0.15) is 65.9 Å². The SMILES string of the molecule is F/[C]=C(\F)C(F)(F)C(F)(F)C(F)(F)C(F)(F)C(F)(F)C(F)(F)C(F)(F)F. The molecule has 0 unspecified atom stereocenters. The minimum atomic E-state index is -8.54. The van der Waals surface area contributed by atoms with Crippen LogP contribution in [-0.2, 0) is 0 Å². The molecule has 0 aromatic carbocycles. The standard InChI is InChI=1S/C9F17/c10-1-2(11)3(12,13)4(14,15)5(16,17)6(18,19)7(20,21)8(22,23)9(24,25)26. The van der Waals surface area contributed by atoms with E-state index in [1.807, 2.05) is 0 Å². The third-order valence-corrected chi connectivity index (χ3v) is 2.69. The van der Waals surface area contributed by atoms with E-state index in [0.717, 1.165) is 0 Å². The summed E-state index contributed by atoms with van der Waals surface area (Å²) in [5.74, 6) is -53.4. The Labute approximate surface area is 130 Å².